The summed E-state index contributed by atoms with van der Waals surface area (Å²) >= 11 is 1.52. The van der Waals surface area contributed by atoms with Gasteiger partial charge in [-0.15, -0.1) is 11.3 Å². The van der Waals surface area contributed by atoms with E-state index >= 15 is 0 Å². The van der Waals surface area contributed by atoms with Crippen molar-refractivity contribution in [2.45, 2.75) is 65.5 Å². The van der Waals surface area contributed by atoms with Crippen LogP contribution >= 0.6 is 11.3 Å². The minimum atomic E-state index is -0.877. The van der Waals surface area contributed by atoms with Gasteiger partial charge in [0.1, 0.15) is 5.00 Å². The Kier molecular flexibility index (Phi) is 5.12. The maximum Gasteiger partial charge on any atom is 0.322 e. The Morgan fingerprint density at radius 1 is 1.55 bits per heavy atom. The molecule has 6 heteroatoms. The van der Waals surface area contributed by atoms with Crippen LogP contribution in [-0.4, -0.2) is 39.2 Å². The van der Waals surface area contributed by atoms with E-state index in [1.54, 1.807) is 18.7 Å². The second-order valence-electron chi connectivity index (χ2n) is 7.04. The predicted octanol–water partition coefficient (Wildman–Crippen LogP) is 3.42. The lowest BCUT2D eigenvalue weighted by Crippen LogP contribution is -2.49. The van der Waals surface area contributed by atoms with Crippen molar-refractivity contribution >= 4 is 22.4 Å². The van der Waals surface area contributed by atoms with Crippen molar-refractivity contribution in [1.82, 2.24) is 9.88 Å². The molecule has 1 aromatic rings. The highest BCUT2D eigenvalue weighted by atomic mass is 32.1. The molecule has 1 fully saturated rings. The molecule has 2 N–H and O–H groups in total. The Hall–Kier alpha value is -1.14. The fraction of sp³-hybridized carbons (Fsp3) is 0.750. The summed E-state index contributed by atoms with van der Waals surface area (Å²) < 4.78 is 0. The number of amides is 2. The SMILES string of the molecule is Cc1nc(CC(C)C)c(NC(=O)N2CCCC2C(C)(C)O)s1. The molecule has 0 bridgehead atoms. The number of rotatable bonds is 4. The third kappa shape index (κ3) is 3.98. The first kappa shape index (κ1) is 17.2. The zero-order valence-corrected chi connectivity index (χ0v) is 15.0. The summed E-state index contributed by atoms with van der Waals surface area (Å²) in [6.45, 7) is 10.5. The molecule has 0 saturated carbocycles. The summed E-state index contributed by atoms with van der Waals surface area (Å²) in [6.07, 6.45) is 2.63. The number of aryl methyl sites for hydroxylation is 1. The van der Waals surface area contributed by atoms with Crippen LogP contribution in [0.1, 0.15) is 51.2 Å². The minimum Gasteiger partial charge on any atom is -0.388 e. The van der Waals surface area contributed by atoms with Crippen molar-refractivity contribution in [1.29, 1.82) is 0 Å². The molecular weight excluding hydrogens is 298 g/mol. The van der Waals surface area contributed by atoms with Gasteiger partial charge < -0.3 is 10.0 Å². The summed E-state index contributed by atoms with van der Waals surface area (Å²) in [7, 11) is 0. The van der Waals surface area contributed by atoms with Crippen LogP contribution in [-0.2, 0) is 6.42 Å². The average molecular weight is 325 g/mol. The van der Waals surface area contributed by atoms with Gasteiger partial charge in [0.25, 0.3) is 0 Å². The molecule has 0 aliphatic carbocycles. The molecule has 1 saturated heterocycles. The summed E-state index contributed by atoms with van der Waals surface area (Å²) in [5.41, 5.74) is 0.0861. The maximum atomic E-state index is 12.6. The fourth-order valence-electron chi connectivity index (χ4n) is 3.01. The van der Waals surface area contributed by atoms with Crippen molar-refractivity contribution < 1.29 is 9.90 Å². The molecule has 1 aromatic heterocycles. The lowest BCUT2D eigenvalue weighted by molar-refractivity contribution is 0.0117. The van der Waals surface area contributed by atoms with E-state index in [0.717, 1.165) is 35.0 Å². The molecule has 2 rings (SSSR count). The molecule has 1 atom stereocenters. The number of carbonyl (C=O) groups is 1. The lowest BCUT2D eigenvalue weighted by Gasteiger charge is -2.33. The zero-order valence-electron chi connectivity index (χ0n) is 14.1. The summed E-state index contributed by atoms with van der Waals surface area (Å²) in [6, 6.07) is -0.256. The van der Waals surface area contributed by atoms with Gasteiger partial charge in [-0.05, 0) is 46.0 Å². The van der Waals surface area contributed by atoms with Crippen LogP contribution in [0, 0.1) is 12.8 Å². The van der Waals surface area contributed by atoms with E-state index < -0.39 is 5.60 Å². The van der Waals surface area contributed by atoms with E-state index in [0.29, 0.717) is 12.5 Å². The molecule has 0 radical (unpaired) electrons. The lowest BCUT2D eigenvalue weighted by atomic mass is 9.97. The number of nitrogens with zero attached hydrogens (tertiary/aromatic N) is 2. The van der Waals surface area contributed by atoms with Crippen molar-refractivity contribution in [3.63, 3.8) is 0 Å². The molecule has 2 heterocycles. The number of likely N-dealkylation sites (tertiary alicyclic amines) is 1. The molecule has 1 aliphatic rings. The second-order valence-corrected chi connectivity index (χ2v) is 8.25. The number of hydrogen-bond acceptors (Lipinski definition) is 4. The molecule has 1 unspecified atom stereocenters. The minimum absolute atomic E-state index is 0.127. The Morgan fingerprint density at radius 3 is 2.82 bits per heavy atom. The maximum absolute atomic E-state index is 12.6. The zero-order chi connectivity index (χ0) is 16.5. The average Bonchev–Trinajstić information content (AvgIpc) is 2.95. The Labute approximate surface area is 136 Å². The topological polar surface area (TPSA) is 65.5 Å². The molecular formula is C16H27N3O2S. The van der Waals surface area contributed by atoms with Crippen LogP contribution in [0.5, 0.6) is 0 Å². The molecule has 2 amide bonds. The molecule has 5 nitrogen and oxygen atoms in total. The number of thiazole rings is 1. The van der Waals surface area contributed by atoms with Gasteiger partial charge >= 0.3 is 6.03 Å². The van der Waals surface area contributed by atoms with E-state index in [4.69, 9.17) is 0 Å². The van der Waals surface area contributed by atoms with E-state index in [1.807, 2.05) is 6.92 Å². The first-order chi connectivity index (χ1) is 10.2. The number of nitrogens with one attached hydrogen (secondary N) is 1. The van der Waals surface area contributed by atoms with E-state index in [-0.39, 0.29) is 12.1 Å². The van der Waals surface area contributed by atoms with E-state index in [9.17, 15) is 9.90 Å². The smallest absolute Gasteiger partial charge is 0.322 e. The van der Waals surface area contributed by atoms with Gasteiger partial charge in [0.05, 0.1) is 22.3 Å². The van der Waals surface area contributed by atoms with Crippen LogP contribution < -0.4 is 5.32 Å². The highest BCUT2D eigenvalue weighted by molar-refractivity contribution is 7.16. The summed E-state index contributed by atoms with van der Waals surface area (Å²) in [5.74, 6) is 0.494. The Balaban J connectivity index is 2.12. The summed E-state index contributed by atoms with van der Waals surface area (Å²) in [4.78, 5) is 18.9. The van der Waals surface area contributed by atoms with Gasteiger partial charge in [0.15, 0.2) is 0 Å². The van der Waals surface area contributed by atoms with Crippen LogP contribution in [0.15, 0.2) is 0 Å². The van der Waals surface area contributed by atoms with Gasteiger partial charge in [-0.1, -0.05) is 13.8 Å². The van der Waals surface area contributed by atoms with Crippen LogP contribution in [0.25, 0.3) is 0 Å². The number of carbonyl (C=O) groups excluding carboxylic acids is 1. The highest BCUT2D eigenvalue weighted by Gasteiger charge is 2.38. The van der Waals surface area contributed by atoms with Crippen LogP contribution in [0.4, 0.5) is 9.80 Å². The van der Waals surface area contributed by atoms with Gasteiger partial charge in [-0.3, -0.25) is 5.32 Å². The van der Waals surface area contributed by atoms with Crippen LogP contribution in [0.3, 0.4) is 0 Å². The van der Waals surface area contributed by atoms with Crippen LogP contribution in [0.2, 0.25) is 0 Å². The largest absolute Gasteiger partial charge is 0.388 e. The standard InChI is InChI=1S/C16H27N3O2S/c1-10(2)9-12-14(22-11(3)17-12)18-15(20)19-8-6-7-13(19)16(4,5)21/h10,13,21H,6-9H2,1-5H3,(H,18,20). The fourth-order valence-corrected chi connectivity index (χ4v) is 3.84. The van der Waals surface area contributed by atoms with Gasteiger partial charge in [0.2, 0.25) is 0 Å². The predicted molar refractivity (Wildman–Crippen MR) is 90.4 cm³/mol. The van der Waals surface area contributed by atoms with Gasteiger partial charge in [-0.25, -0.2) is 9.78 Å². The molecule has 22 heavy (non-hydrogen) atoms. The first-order valence-electron chi connectivity index (χ1n) is 7.94. The normalized spacial score (nSPS) is 19.0. The monoisotopic (exact) mass is 325 g/mol. The van der Waals surface area contributed by atoms with Crippen molar-refractivity contribution in [2.75, 3.05) is 11.9 Å². The van der Waals surface area contributed by atoms with Gasteiger partial charge in [0, 0.05) is 6.54 Å². The molecule has 0 spiro atoms. The molecule has 0 aromatic carbocycles. The molecule has 1 aliphatic heterocycles. The van der Waals surface area contributed by atoms with Gasteiger partial charge in [-0.2, -0.15) is 0 Å². The highest BCUT2D eigenvalue weighted by Crippen LogP contribution is 2.30. The Morgan fingerprint density at radius 2 is 2.23 bits per heavy atom. The number of hydrogen-bond donors (Lipinski definition) is 2. The number of anilines is 1. The van der Waals surface area contributed by atoms with Crippen molar-refractivity contribution in [3.8, 4) is 0 Å². The Bertz CT molecular complexity index is 534. The third-order valence-corrected chi connectivity index (χ3v) is 4.88. The number of aromatic nitrogens is 1. The van der Waals surface area contributed by atoms with Crippen molar-refractivity contribution in [2.24, 2.45) is 5.92 Å². The van der Waals surface area contributed by atoms with Crippen molar-refractivity contribution in [3.05, 3.63) is 10.7 Å². The summed E-state index contributed by atoms with van der Waals surface area (Å²) in [5, 5.41) is 15.1. The van der Waals surface area contributed by atoms with E-state index in [2.05, 4.69) is 24.1 Å². The third-order valence-electron chi connectivity index (χ3n) is 3.96. The van der Waals surface area contributed by atoms with E-state index in [1.165, 1.54) is 11.3 Å². The number of urea groups is 1. The second kappa shape index (κ2) is 6.54. The number of aliphatic hydroxyl groups is 1. The molecule has 124 valence electrons. The quantitative estimate of drug-likeness (QED) is 0.891. The first-order valence-corrected chi connectivity index (χ1v) is 8.76.